The number of thioether (sulfide) groups is 1. The first kappa shape index (κ1) is 14.3. The SMILES string of the molecule is CN(Cc1ccccc1N)C(=O)CC1CCSCC1. The lowest BCUT2D eigenvalue weighted by Gasteiger charge is -2.24. The van der Waals surface area contributed by atoms with Gasteiger partial charge in [0.2, 0.25) is 5.91 Å². The molecule has 0 unspecified atom stereocenters. The summed E-state index contributed by atoms with van der Waals surface area (Å²) >= 11 is 2.00. The minimum atomic E-state index is 0.236. The maximum absolute atomic E-state index is 12.2. The van der Waals surface area contributed by atoms with Crippen molar-refractivity contribution in [1.29, 1.82) is 0 Å². The average molecular weight is 278 g/mol. The molecule has 104 valence electrons. The number of carbonyl (C=O) groups is 1. The Labute approximate surface area is 119 Å². The van der Waals surface area contributed by atoms with Crippen molar-refractivity contribution in [2.75, 3.05) is 24.3 Å². The summed E-state index contributed by atoms with van der Waals surface area (Å²) in [5, 5.41) is 0. The number of anilines is 1. The molecule has 1 amide bonds. The minimum Gasteiger partial charge on any atom is -0.398 e. The third-order valence-corrected chi connectivity index (χ3v) is 4.74. The summed E-state index contributed by atoms with van der Waals surface area (Å²) in [6.45, 7) is 0.604. The molecule has 1 fully saturated rings. The van der Waals surface area contributed by atoms with E-state index in [2.05, 4.69) is 0 Å². The third kappa shape index (κ3) is 4.16. The highest BCUT2D eigenvalue weighted by Crippen LogP contribution is 2.26. The minimum absolute atomic E-state index is 0.236. The van der Waals surface area contributed by atoms with Crippen LogP contribution in [0, 0.1) is 5.92 Å². The van der Waals surface area contributed by atoms with E-state index in [1.165, 1.54) is 24.3 Å². The molecule has 0 saturated carbocycles. The Balaban J connectivity index is 1.87. The van der Waals surface area contributed by atoms with Crippen LogP contribution in [0.25, 0.3) is 0 Å². The normalized spacial score (nSPS) is 16.3. The van der Waals surface area contributed by atoms with Crippen molar-refractivity contribution in [3.63, 3.8) is 0 Å². The van der Waals surface area contributed by atoms with Gasteiger partial charge in [0.25, 0.3) is 0 Å². The Hall–Kier alpha value is -1.16. The van der Waals surface area contributed by atoms with E-state index in [1.54, 1.807) is 4.90 Å². The average Bonchev–Trinajstić information content (AvgIpc) is 2.42. The van der Waals surface area contributed by atoms with Crippen LogP contribution in [0.1, 0.15) is 24.8 Å². The standard InChI is InChI=1S/C15H22N2OS/c1-17(11-13-4-2-3-5-14(13)16)15(18)10-12-6-8-19-9-7-12/h2-5,12H,6-11,16H2,1H3. The number of para-hydroxylation sites is 1. The summed E-state index contributed by atoms with van der Waals surface area (Å²) in [6, 6.07) is 7.74. The molecule has 1 aliphatic rings. The van der Waals surface area contributed by atoms with Gasteiger partial charge in [-0.2, -0.15) is 11.8 Å². The topological polar surface area (TPSA) is 46.3 Å². The molecular formula is C15H22N2OS. The van der Waals surface area contributed by atoms with Gasteiger partial charge in [0.15, 0.2) is 0 Å². The van der Waals surface area contributed by atoms with Crippen LogP contribution in [0.15, 0.2) is 24.3 Å². The Morgan fingerprint density at radius 3 is 2.74 bits per heavy atom. The summed E-state index contributed by atoms with van der Waals surface area (Å²) in [4.78, 5) is 14.0. The van der Waals surface area contributed by atoms with Crippen LogP contribution in [-0.4, -0.2) is 29.4 Å². The second-order valence-electron chi connectivity index (χ2n) is 5.21. The maximum atomic E-state index is 12.2. The van der Waals surface area contributed by atoms with Gasteiger partial charge in [-0.05, 0) is 41.9 Å². The molecular weight excluding hydrogens is 256 g/mol. The number of nitrogen functional groups attached to an aromatic ring is 1. The molecule has 0 radical (unpaired) electrons. The van der Waals surface area contributed by atoms with E-state index < -0.39 is 0 Å². The highest BCUT2D eigenvalue weighted by molar-refractivity contribution is 7.99. The lowest BCUT2D eigenvalue weighted by Crippen LogP contribution is -2.29. The van der Waals surface area contributed by atoms with Crippen molar-refractivity contribution >= 4 is 23.4 Å². The number of amides is 1. The van der Waals surface area contributed by atoms with Crippen molar-refractivity contribution in [1.82, 2.24) is 4.90 Å². The van der Waals surface area contributed by atoms with Crippen molar-refractivity contribution in [3.8, 4) is 0 Å². The maximum Gasteiger partial charge on any atom is 0.222 e. The lowest BCUT2D eigenvalue weighted by molar-refractivity contribution is -0.131. The highest BCUT2D eigenvalue weighted by atomic mass is 32.2. The first-order valence-electron chi connectivity index (χ1n) is 6.82. The summed E-state index contributed by atoms with van der Waals surface area (Å²) in [6.07, 6.45) is 3.04. The summed E-state index contributed by atoms with van der Waals surface area (Å²) in [5.41, 5.74) is 7.70. The van der Waals surface area contributed by atoms with Crippen LogP contribution in [0.5, 0.6) is 0 Å². The molecule has 2 N–H and O–H groups in total. The molecule has 0 spiro atoms. The van der Waals surface area contributed by atoms with E-state index in [-0.39, 0.29) is 5.91 Å². The van der Waals surface area contributed by atoms with Crippen LogP contribution in [0.3, 0.4) is 0 Å². The molecule has 19 heavy (non-hydrogen) atoms. The molecule has 1 heterocycles. The molecule has 3 nitrogen and oxygen atoms in total. The van der Waals surface area contributed by atoms with Gasteiger partial charge >= 0.3 is 0 Å². The van der Waals surface area contributed by atoms with Gasteiger partial charge in [0.05, 0.1) is 0 Å². The number of hydrogen-bond donors (Lipinski definition) is 1. The van der Waals surface area contributed by atoms with E-state index in [0.29, 0.717) is 18.9 Å². The number of benzene rings is 1. The van der Waals surface area contributed by atoms with Crippen molar-refractivity contribution in [2.45, 2.75) is 25.8 Å². The number of nitrogens with two attached hydrogens (primary N) is 1. The van der Waals surface area contributed by atoms with Crippen LogP contribution in [-0.2, 0) is 11.3 Å². The van der Waals surface area contributed by atoms with Crippen LogP contribution in [0.4, 0.5) is 5.69 Å². The summed E-state index contributed by atoms with van der Waals surface area (Å²) in [7, 11) is 1.87. The molecule has 0 aromatic heterocycles. The molecule has 4 heteroatoms. The van der Waals surface area contributed by atoms with Crippen LogP contribution < -0.4 is 5.73 Å². The van der Waals surface area contributed by atoms with Gasteiger partial charge in [-0.3, -0.25) is 4.79 Å². The second-order valence-corrected chi connectivity index (χ2v) is 6.43. The van der Waals surface area contributed by atoms with E-state index in [0.717, 1.165) is 11.3 Å². The van der Waals surface area contributed by atoms with Crippen molar-refractivity contribution in [2.24, 2.45) is 5.92 Å². The fourth-order valence-corrected chi connectivity index (χ4v) is 3.58. The van der Waals surface area contributed by atoms with Crippen LogP contribution in [0.2, 0.25) is 0 Å². The Morgan fingerprint density at radius 1 is 1.37 bits per heavy atom. The fourth-order valence-electron chi connectivity index (χ4n) is 2.38. The zero-order valence-electron chi connectivity index (χ0n) is 11.5. The van der Waals surface area contributed by atoms with E-state index in [9.17, 15) is 4.79 Å². The van der Waals surface area contributed by atoms with E-state index in [4.69, 9.17) is 5.73 Å². The monoisotopic (exact) mass is 278 g/mol. The molecule has 1 aromatic rings. The van der Waals surface area contributed by atoms with Gasteiger partial charge in [0, 0.05) is 25.7 Å². The fraction of sp³-hybridized carbons (Fsp3) is 0.533. The predicted molar refractivity (Wildman–Crippen MR) is 82.0 cm³/mol. The van der Waals surface area contributed by atoms with E-state index >= 15 is 0 Å². The van der Waals surface area contributed by atoms with Crippen molar-refractivity contribution in [3.05, 3.63) is 29.8 Å². The molecule has 0 aliphatic carbocycles. The molecule has 0 bridgehead atoms. The summed E-state index contributed by atoms with van der Waals surface area (Å²) < 4.78 is 0. The summed E-state index contributed by atoms with van der Waals surface area (Å²) in [5.74, 6) is 3.21. The lowest BCUT2D eigenvalue weighted by atomic mass is 9.98. The highest BCUT2D eigenvalue weighted by Gasteiger charge is 2.19. The second kappa shape index (κ2) is 6.85. The zero-order chi connectivity index (χ0) is 13.7. The molecule has 1 aromatic carbocycles. The Kier molecular flexibility index (Phi) is 5.14. The molecule has 1 aliphatic heterocycles. The van der Waals surface area contributed by atoms with Gasteiger partial charge in [-0.25, -0.2) is 0 Å². The Morgan fingerprint density at radius 2 is 2.05 bits per heavy atom. The Bertz CT molecular complexity index is 430. The molecule has 2 rings (SSSR count). The van der Waals surface area contributed by atoms with Gasteiger partial charge in [0.1, 0.15) is 0 Å². The van der Waals surface area contributed by atoms with Crippen LogP contribution >= 0.6 is 11.8 Å². The largest absolute Gasteiger partial charge is 0.398 e. The zero-order valence-corrected chi connectivity index (χ0v) is 12.3. The van der Waals surface area contributed by atoms with E-state index in [1.807, 2.05) is 43.1 Å². The third-order valence-electron chi connectivity index (χ3n) is 3.69. The first-order valence-corrected chi connectivity index (χ1v) is 7.97. The smallest absolute Gasteiger partial charge is 0.222 e. The number of rotatable bonds is 4. The number of nitrogens with zero attached hydrogens (tertiary/aromatic N) is 1. The quantitative estimate of drug-likeness (QED) is 0.861. The first-order chi connectivity index (χ1) is 9.16. The number of carbonyl (C=O) groups excluding carboxylic acids is 1. The van der Waals surface area contributed by atoms with Crippen molar-refractivity contribution < 1.29 is 4.79 Å². The molecule has 0 atom stereocenters. The predicted octanol–water partition coefficient (Wildman–Crippen LogP) is 2.76. The van der Waals surface area contributed by atoms with Gasteiger partial charge in [-0.1, -0.05) is 18.2 Å². The van der Waals surface area contributed by atoms with Gasteiger partial charge < -0.3 is 10.6 Å². The molecule has 1 saturated heterocycles. The number of hydrogen-bond acceptors (Lipinski definition) is 3. The van der Waals surface area contributed by atoms with Gasteiger partial charge in [-0.15, -0.1) is 0 Å².